The molecule has 1 heterocycles. The molecule has 0 amide bonds. The highest BCUT2D eigenvalue weighted by atomic mass is 14.9. The highest BCUT2D eigenvalue weighted by Gasteiger charge is 2.17. The maximum atomic E-state index is 3.52. The highest BCUT2D eigenvalue weighted by molar-refractivity contribution is 4.76. The van der Waals surface area contributed by atoms with E-state index in [-0.39, 0.29) is 0 Å². The smallest absolute Gasteiger partial charge is 0.00900 e. The minimum absolute atomic E-state index is 0.804. The molecule has 1 heteroatoms. The molecule has 1 aliphatic rings. The average molecular weight is 127 g/mol. The van der Waals surface area contributed by atoms with Gasteiger partial charge in [0.25, 0.3) is 0 Å². The second kappa shape index (κ2) is 3.21. The molecule has 0 aromatic heterocycles. The van der Waals surface area contributed by atoms with Crippen LogP contribution in [-0.4, -0.2) is 12.6 Å². The first kappa shape index (κ1) is 7.07. The molecule has 1 fully saturated rings. The SMILES string of the molecule is CC[C@H]1NCCC[C@@H]1C. The van der Waals surface area contributed by atoms with Crippen molar-refractivity contribution in [3.8, 4) is 0 Å². The number of hydrogen-bond donors (Lipinski definition) is 1. The van der Waals surface area contributed by atoms with Crippen molar-refractivity contribution in [1.82, 2.24) is 5.32 Å². The van der Waals surface area contributed by atoms with Gasteiger partial charge in [-0.05, 0) is 31.7 Å². The lowest BCUT2D eigenvalue weighted by molar-refractivity contribution is 0.293. The van der Waals surface area contributed by atoms with E-state index in [1.165, 1.54) is 25.8 Å². The summed E-state index contributed by atoms with van der Waals surface area (Å²) in [6.45, 7) is 5.85. The van der Waals surface area contributed by atoms with Crippen LogP contribution >= 0.6 is 0 Å². The van der Waals surface area contributed by atoms with Crippen LogP contribution < -0.4 is 5.32 Å². The minimum atomic E-state index is 0.804. The summed E-state index contributed by atoms with van der Waals surface area (Å²) in [7, 11) is 0. The maximum absolute atomic E-state index is 3.52. The lowest BCUT2D eigenvalue weighted by Crippen LogP contribution is -2.39. The van der Waals surface area contributed by atoms with E-state index in [4.69, 9.17) is 0 Å². The van der Waals surface area contributed by atoms with Gasteiger partial charge < -0.3 is 5.32 Å². The van der Waals surface area contributed by atoms with Gasteiger partial charge >= 0.3 is 0 Å². The third-order valence-corrected chi connectivity index (χ3v) is 2.37. The topological polar surface area (TPSA) is 12.0 Å². The van der Waals surface area contributed by atoms with Crippen LogP contribution in [0.25, 0.3) is 0 Å². The number of piperidine rings is 1. The summed E-state index contributed by atoms with van der Waals surface area (Å²) < 4.78 is 0. The van der Waals surface area contributed by atoms with Crippen molar-refractivity contribution in [3.63, 3.8) is 0 Å². The summed E-state index contributed by atoms with van der Waals surface area (Å²) in [5.74, 6) is 0.906. The molecule has 1 rings (SSSR count). The summed E-state index contributed by atoms with van der Waals surface area (Å²) in [5.41, 5.74) is 0. The van der Waals surface area contributed by atoms with Crippen molar-refractivity contribution in [1.29, 1.82) is 0 Å². The monoisotopic (exact) mass is 127 g/mol. The van der Waals surface area contributed by atoms with Crippen LogP contribution in [0.2, 0.25) is 0 Å². The molecule has 0 unspecified atom stereocenters. The van der Waals surface area contributed by atoms with E-state index in [1.54, 1.807) is 0 Å². The van der Waals surface area contributed by atoms with E-state index < -0.39 is 0 Å². The van der Waals surface area contributed by atoms with Gasteiger partial charge in [-0.2, -0.15) is 0 Å². The zero-order chi connectivity index (χ0) is 6.69. The van der Waals surface area contributed by atoms with Crippen LogP contribution in [0.3, 0.4) is 0 Å². The predicted molar refractivity (Wildman–Crippen MR) is 40.5 cm³/mol. The highest BCUT2D eigenvalue weighted by Crippen LogP contribution is 2.16. The van der Waals surface area contributed by atoms with Crippen molar-refractivity contribution in [2.45, 2.75) is 39.2 Å². The lowest BCUT2D eigenvalue weighted by atomic mass is 9.91. The molecule has 1 saturated heterocycles. The first-order valence-corrected chi connectivity index (χ1v) is 4.08. The third-order valence-electron chi connectivity index (χ3n) is 2.37. The first-order chi connectivity index (χ1) is 4.34. The van der Waals surface area contributed by atoms with E-state index in [1.807, 2.05) is 0 Å². The molecule has 1 aliphatic heterocycles. The molecular weight excluding hydrogens is 110 g/mol. The van der Waals surface area contributed by atoms with Gasteiger partial charge in [-0.1, -0.05) is 13.8 Å². The van der Waals surface area contributed by atoms with Gasteiger partial charge in [0, 0.05) is 6.04 Å². The molecule has 0 aromatic rings. The van der Waals surface area contributed by atoms with Crippen LogP contribution in [-0.2, 0) is 0 Å². The van der Waals surface area contributed by atoms with E-state index >= 15 is 0 Å². The van der Waals surface area contributed by atoms with Crippen molar-refractivity contribution in [2.24, 2.45) is 5.92 Å². The third kappa shape index (κ3) is 1.68. The molecular formula is C8H17N. The van der Waals surface area contributed by atoms with Crippen molar-refractivity contribution >= 4 is 0 Å². The Kier molecular flexibility index (Phi) is 2.52. The van der Waals surface area contributed by atoms with Crippen LogP contribution in [0.1, 0.15) is 33.1 Å². The zero-order valence-electron chi connectivity index (χ0n) is 6.48. The van der Waals surface area contributed by atoms with Crippen molar-refractivity contribution in [2.75, 3.05) is 6.54 Å². The van der Waals surface area contributed by atoms with Gasteiger partial charge in [0.15, 0.2) is 0 Å². The molecule has 0 aliphatic carbocycles. The molecule has 0 spiro atoms. The van der Waals surface area contributed by atoms with E-state index in [2.05, 4.69) is 19.2 Å². The summed E-state index contributed by atoms with van der Waals surface area (Å²) in [6.07, 6.45) is 4.09. The lowest BCUT2D eigenvalue weighted by Gasteiger charge is -2.28. The molecule has 2 atom stereocenters. The Balaban J connectivity index is 2.30. The van der Waals surface area contributed by atoms with Crippen LogP contribution in [0, 0.1) is 5.92 Å². The summed E-state index contributed by atoms with van der Waals surface area (Å²) in [5, 5.41) is 3.52. The summed E-state index contributed by atoms with van der Waals surface area (Å²) in [6, 6.07) is 0.804. The molecule has 0 radical (unpaired) electrons. The Morgan fingerprint density at radius 3 is 2.78 bits per heavy atom. The Hall–Kier alpha value is -0.0400. The molecule has 0 bridgehead atoms. The fourth-order valence-corrected chi connectivity index (χ4v) is 1.66. The summed E-state index contributed by atoms with van der Waals surface area (Å²) >= 11 is 0. The fourth-order valence-electron chi connectivity index (χ4n) is 1.66. The van der Waals surface area contributed by atoms with Crippen LogP contribution in [0.4, 0.5) is 0 Å². The number of rotatable bonds is 1. The van der Waals surface area contributed by atoms with Gasteiger partial charge in [0.05, 0.1) is 0 Å². The first-order valence-electron chi connectivity index (χ1n) is 4.08. The predicted octanol–water partition coefficient (Wildman–Crippen LogP) is 1.78. The minimum Gasteiger partial charge on any atom is -0.314 e. The largest absolute Gasteiger partial charge is 0.314 e. The van der Waals surface area contributed by atoms with Gasteiger partial charge in [0.1, 0.15) is 0 Å². The second-order valence-corrected chi connectivity index (χ2v) is 3.09. The quantitative estimate of drug-likeness (QED) is 0.566. The second-order valence-electron chi connectivity index (χ2n) is 3.09. The van der Waals surface area contributed by atoms with Gasteiger partial charge in [-0.3, -0.25) is 0 Å². The Morgan fingerprint density at radius 1 is 1.56 bits per heavy atom. The molecule has 0 saturated carbocycles. The zero-order valence-corrected chi connectivity index (χ0v) is 6.48. The van der Waals surface area contributed by atoms with Gasteiger partial charge in [-0.25, -0.2) is 0 Å². The van der Waals surface area contributed by atoms with Crippen molar-refractivity contribution in [3.05, 3.63) is 0 Å². The Labute approximate surface area is 57.8 Å². The number of hydrogen-bond acceptors (Lipinski definition) is 1. The van der Waals surface area contributed by atoms with Crippen LogP contribution in [0.15, 0.2) is 0 Å². The van der Waals surface area contributed by atoms with Crippen LogP contribution in [0.5, 0.6) is 0 Å². The van der Waals surface area contributed by atoms with Crippen molar-refractivity contribution < 1.29 is 0 Å². The van der Waals surface area contributed by atoms with E-state index in [0.717, 1.165) is 12.0 Å². The average Bonchev–Trinajstić information content (AvgIpc) is 1.89. The molecule has 54 valence electrons. The number of nitrogens with one attached hydrogen (secondary N) is 1. The van der Waals surface area contributed by atoms with Gasteiger partial charge in [-0.15, -0.1) is 0 Å². The standard InChI is InChI=1S/C8H17N/c1-3-8-7(2)5-4-6-9-8/h7-9H,3-6H2,1-2H3/t7-,8+/m0/s1. The Bertz CT molecular complexity index is 80.6. The molecule has 1 N–H and O–H groups in total. The summed E-state index contributed by atoms with van der Waals surface area (Å²) in [4.78, 5) is 0. The Morgan fingerprint density at radius 2 is 2.33 bits per heavy atom. The normalized spacial score (nSPS) is 36.7. The fraction of sp³-hybridized carbons (Fsp3) is 1.00. The maximum Gasteiger partial charge on any atom is 0.00900 e. The van der Waals surface area contributed by atoms with E-state index in [9.17, 15) is 0 Å². The molecule has 1 nitrogen and oxygen atoms in total. The van der Waals surface area contributed by atoms with E-state index in [0.29, 0.717) is 0 Å². The molecule has 0 aromatic carbocycles. The van der Waals surface area contributed by atoms with Gasteiger partial charge in [0.2, 0.25) is 0 Å². The molecule has 9 heavy (non-hydrogen) atoms.